The number of H-pyrrole nitrogens is 1. The number of para-hydroxylation sites is 1. The Kier molecular flexibility index (Phi) is 6.49. The Morgan fingerprint density at radius 3 is 2.72 bits per heavy atom. The number of aliphatic hydroxyl groups is 1. The Hall–Kier alpha value is -1.15. The van der Waals surface area contributed by atoms with Gasteiger partial charge in [-0.15, -0.1) is 23.5 Å². The van der Waals surface area contributed by atoms with Crippen LogP contribution < -0.4 is 0 Å². The highest BCUT2D eigenvalue weighted by Gasteiger charge is 2.52. The maximum atomic E-state index is 12.7. The van der Waals surface area contributed by atoms with Gasteiger partial charge in [0.2, 0.25) is 0 Å². The summed E-state index contributed by atoms with van der Waals surface area (Å²) < 4.78 is 5.63. The predicted octanol–water partition coefficient (Wildman–Crippen LogP) is 3.99. The number of carbonyl (C=O) groups excluding carboxylic acids is 1. The van der Waals surface area contributed by atoms with Crippen LogP contribution in [0.15, 0.2) is 24.3 Å². The lowest BCUT2D eigenvalue weighted by molar-refractivity contribution is -0.149. The van der Waals surface area contributed by atoms with Gasteiger partial charge in [0, 0.05) is 34.6 Å². The van der Waals surface area contributed by atoms with Crippen molar-refractivity contribution in [2.75, 3.05) is 31.7 Å². The van der Waals surface area contributed by atoms with E-state index in [0.29, 0.717) is 4.58 Å². The van der Waals surface area contributed by atoms with Gasteiger partial charge in [0.25, 0.3) is 0 Å². The van der Waals surface area contributed by atoms with Crippen LogP contribution >= 0.6 is 23.5 Å². The van der Waals surface area contributed by atoms with E-state index < -0.39 is 12.0 Å². The Morgan fingerprint density at radius 1 is 1.31 bits per heavy atom. The average Bonchev–Trinajstić information content (AvgIpc) is 3.08. The molecule has 158 valence electrons. The summed E-state index contributed by atoms with van der Waals surface area (Å²) >= 11 is 3.96. The van der Waals surface area contributed by atoms with E-state index in [-0.39, 0.29) is 17.9 Å². The van der Waals surface area contributed by atoms with Gasteiger partial charge in [0.1, 0.15) is 5.92 Å². The van der Waals surface area contributed by atoms with E-state index in [2.05, 4.69) is 29.8 Å². The number of esters is 1. The summed E-state index contributed by atoms with van der Waals surface area (Å²) in [5, 5.41) is 12.5. The number of aromatic amines is 1. The van der Waals surface area contributed by atoms with Crippen LogP contribution in [0, 0.1) is 5.92 Å². The summed E-state index contributed by atoms with van der Waals surface area (Å²) in [4.78, 5) is 18.7. The highest BCUT2D eigenvalue weighted by atomic mass is 32.2. The number of hydrogen-bond acceptors (Lipinski definition) is 6. The van der Waals surface area contributed by atoms with Gasteiger partial charge >= 0.3 is 5.97 Å². The lowest BCUT2D eigenvalue weighted by atomic mass is 9.69. The molecule has 4 atom stereocenters. The molecule has 1 saturated heterocycles. The molecule has 0 saturated carbocycles. The summed E-state index contributed by atoms with van der Waals surface area (Å²) in [6, 6.07) is 8.09. The minimum Gasteiger partial charge on any atom is -0.468 e. The third kappa shape index (κ3) is 3.71. The number of methoxy groups -OCH3 is 1. The Balaban J connectivity index is 1.78. The van der Waals surface area contributed by atoms with Crippen molar-refractivity contribution in [2.45, 2.75) is 42.9 Å². The molecule has 1 unspecified atom stereocenters. The predicted molar refractivity (Wildman–Crippen MR) is 122 cm³/mol. The maximum Gasteiger partial charge on any atom is 0.315 e. The molecule has 0 radical (unpaired) electrons. The van der Waals surface area contributed by atoms with Crippen LogP contribution in [-0.4, -0.2) is 63.4 Å². The molecule has 2 aliphatic rings. The van der Waals surface area contributed by atoms with Crippen molar-refractivity contribution in [3.63, 3.8) is 0 Å². The number of piperidine rings is 1. The standard InChI is InChI=1S/C22H30N2O3S2/c1-4-28-16(29-5-2)12-24-11-10-14-18(22(26)27-3)19-17(20(24)21(14)25)13-8-6-7-9-15(13)23-19/h6-9,14,16,18,20-21,23,25H,4-5,10-12H2,1-3H3/t14-,18?,20+,21+/m1/s1. The Bertz CT molecular complexity index is 865. The number of likely N-dealkylation sites (tertiary alicyclic amines) is 1. The molecule has 2 aromatic rings. The minimum atomic E-state index is -0.571. The van der Waals surface area contributed by atoms with Crippen LogP contribution in [0.1, 0.15) is 43.5 Å². The van der Waals surface area contributed by atoms with Gasteiger partial charge in [-0.05, 0) is 30.5 Å². The molecule has 1 aliphatic heterocycles. The molecule has 0 spiro atoms. The first-order valence-corrected chi connectivity index (χ1v) is 12.5. The zero-order chi connectivity index (χ0) is 20.5. The number of ether oxygens (including phenoxy) is 1. The number of benzene rings is 1. The number of hydrogen-bond donors (Lipinski definition) is 2. The smallest absolute Gasteiger partial charge is 0.315 e. The normalized spacial score (nSPS) is 26.7. The van der Waals surface area contributed by atoms with Gasteiger partial charge < -0.3 is 14.8 Å². The molecule has 2 N–H and O–H groups in total. The van der Waals surface area contributed by atoms with Gasteiger partial charge in [0.05, 0.1) is 23.8 Å². The number of thioether (sulfide) groups is 2. The highest BCUT2D eigenvalue weighted by molar-refractivity contribution is 8.17. The molecule has 4 rings (SSSR count). The molecule has 1 fully saturated rings. The Labute approximate surface area is 180 Å². The zero-order valence-electron chi connectivity index (χ0n) is 17.3. The van der Waals surface area contributed by atoms with Crippen molar-refractivity contribution >= 4 is 40.4 Å². The van der Waals surface area contributed by atoms with E-state index in [0.717, 1.165) is 53.2 Å². The van der Waals surface area contributed by atoms with Crippen molar-refractivity contribution in [1.29, 1.82) is 0 Å². The number of carbonyl (C=O) groups is 1. The van der Waals surface area contributed by atoms with Crippen molar-refractivity contribution in [1.82, 2.24) is 9.88 Å². The fourth-order valence-corrected chi connectivity index (χ4v) is 7.63. The third-order valence-corrected chi connectivity index (χ3v) is 8.79. The summed E-state index contributed by atoms with van der Waals surface area (Å²) in [7, 11) is 1.44. The summed E-state index contributed by atoms with van der Waals surface area (Å²) in [5.74, 6) is 1.38. The molecular weight excluding hydrogens is 404 g/mol. The maximum absolute atomic E-state index is 12.7. The number of rotatable bonds is 7. The fraction of sp³-hybridized carbons (Fsp3) is 0.591. The lowest BCUT2D eigenvalue weighted by Crippen LogP contribution is -2.53. The number of aromatic nitrogens is 1. The topological polar surface area (TPSA) is 65.6 Å². The van der Waals surface area contributed by atoms with Crippen LogP contribution in [0.4, 0.5) is 0 Å². The highest BCUT2D eigenvalue weighted by Crippen LogP contribution is 2.51. The van der Waals surface area contributed by atoms with E-state index in [9.17, 15) is 9.90 Å². The second kappa shape index (κ2) is 8.92. The fourth-order valence-electron chi connectivity index (χ4n) is 5.10. The summed E-state index contributed by atoms with van der Waals surface area (Å²) in [6.07, 6.45) is 0.227. The van der Waals surface area contributed by atoms with Crippen LogP contribution in [0.25, 0.3) is 10.9 Å². The van der Waals surface area contributed by atoms with E-state index in [1.165, 1.54) is 7.11 Å². The van der Waals surface area contributed by atoms with E-state index in [1.807, 2.05) is 41.7 Å². The molecule has 2 heterocycles. The SMILES string of the molecule is CCSC(CN1CC[C@@H]2C(C(=O)OC)c3[nH]c4ccccc4c3[C@H]1[C@H]2O)SCC. The van der Waals surface area contributed by atoms with Crippen LogP contribution in [0.2, 0.25) is 0 Å². The van der Waals surface area contributed by atoms with Gasteiger partial charge in [-0.3, -0.25) is 9.69 Å². The monoisotopic (exact) mass is 434 g/mol. The van der Waals surface area contributed by atoms with Gasteiger partial charge in [-0.1, -0.05) is 32.0 Å². The lowest BCUT2D eigenvalue weighted by Gasteiger charge is -2.49. The molecule has 1 aromatic heterocycles. The van der Waals surface area contributed by atoms with Gasteiger partial charge in [-0.2, -0.15) is 0 Å². The van der Waals surface area contributed by atoms with Crippen LogP contribution in [-0.2, 0) is 9.53 Å². The average molecular weight is 435 g/mol. The van der Waals surface area contributed by atoms with Crippen LogP contribution in [0.5, 0.6) is 0 Å². The molecule has 1 aliphatic carbocycles. The second-order valence-electron chi connectivity index (χ2n) is 7.72. The molecule has 2 bridgehead atoms. The van der Waals surface area contributed by atoms with Crippen LogP contribution in [0.3, 0.4) is 0 Å². The number of nitrogens with zero attached hydrogens (tertiary/aromatic N) is 1. The van der Waals surface area contributed by atoms with E-state index in [4.69, 9.17) is 4.74 Å². The number of fused-ring (bicyclic) bond motifs is 6. The molecule has 7 heteroatoms. The van der Waals surface area contributed by atoms with E-state index in [1.54, 1.807) is 0 Å². The molecule has 0 amide bonds. The quantitative estimate of drug-likeness (QED) is 0.507. The van der Waals surface area contributed by atoms with Crippen molar-refractivity contribution in [2.24, 2.45) is 5.92 Å². The first-order valence-electron chi connectivity index (χ1n) is 10.4. The second-order valence-corrected chi connectivity index (χ2v) is 11.0. The van der Waals surface area contributed by atoms with Crippen molar-refractivity contribution in [3.8, 4) is 0 Å². The molecular formula is C22H30N2O3S2. The molecule has 29 heavy (non-hydrogen) atoms. The summed E-state index contributed by atoms with van der Waals surface area (Å²) in [5.41, 5.74) is 3.04. The molecule has 1 aromatic carbocycles. The zero-order valence-corrected chi connectivity index (χ0v) is 18.9. The summed E-state index contributed by atoms with van der Waals surface area (Å²) in [6.45, 7) is 6.24. The van der Waals surface area contributed by atoms with Gasteiger partial charge in [-0.25, -0.2) is 0 Å². The third-order valence-electron chi connectivity index (χ3n) is 6.26. The first-order chi connectivity index (χ1) is 14.1. The number of nitrogens with one attached hydrogen (secondary N) is 1. The first kappa shape index (κ1) is 21.1. The number of aliphatic hydroxyl groups excluding tert-OH is 1. The minimum absolute atomic E-state index is 0.0850. The van der Waals surface area contributed by atoms with Gasteiger partial charge in [0.15, 0.2) is 0 Å². The van der Waals surface area contributed by atoms with Crippen molar-refractivity contribution < 1.29 is 14.6 Å². The Morgan fingerprint density at radius 2 is 2.03 bits per heavy atom. The van der Waals surface area contributed by atoms with Crippen molar-refractivity contribution in [3.05, 3.63) is 35.5 Å². The van der Waals surface area contributed by atoms with E-state index >= 15 is 0 Å². The largest absolute Gasteiger partial charge is 0.468 e. The molecule has 5 nitrogen and oxygen atoms in total.